The lowest BCUT2D eigenvalue weighted by molar-refractivity contribution is -0.119. The van der Waals surface area contributed by atoms with Gasteiger partial charge in [0.25, 0.3) is 11.8 Å². The van der Waals surface area contributed by atoms with Gasteiger partial charge >= 0.3 is 0 Å². The summed E-state index contributed by atoms with van der Waals surface area (Å²) in [5.41, 5.74) is 4.27. The smallest absolute Gasteiger partial charge is 0.258 e. The fourth-order valence-corrected chi connectivity index (χ4v) is 6.48. The molecule has 4 rings (SSSR count). The monoisotopic (exact) mass is 649 g/mol. The fraction of sp³-hybridized carbons (Fsp3) is 0.419. The van der Waals surface area contributed by atoms with Crippen LogP contribution in [0.3, 0.4) is 0 Å². The molecular formula is C43H52FNO3. The average molecular weight is 650 g/mol. The van der Waals surface area contributed by atoms with Crippen LogP contribution < -0.4 is 4.90 Å². The first-order chi connectivity index (χ1) is 23.5. The summed E-state index contributed by atoms with van der Waals surface area (Å²) in [6.45, 7) is 2.27. The third kappa shape index (κ3) is 11.8. The maximum Gasteiger partial charge on any atom is 0.258 e. The second kappa shape index (κ2) is 20.3. The van der Waals surface area contributed by atoms with Crippen molar-refractivity contribution in [3.05, 3.63) is 119 Å². The molecule has 3 aromatic rings. The van der Waals surface area contributed by atoms with Crippen molar-refractivity contribution in [1.29, 1.82) is 0 Å². The van der Waals surface area contributed by atoms with Gasteiger partial charge in [0.1, 0.15) is 5.82 Å². The highest BCUT2D eigenvalue weighted by atomic mass is 19.1. The van der Waals surface area contributed by atoms with Crippen LogP contribution in [0.5, 0.6) is 0 Å². The van der Waals surface area contributed by atoms with E-state index in [-0.39, 0.29) is 29.3 Å². The standard InChI is InChI=1S/C43H52FNO3/c1-2-3-4-5-6-7-8-9-10-11-12-13-14-15-16-17-40(36-25-29-39(30-26-36)45-42(47)32-33-43(45)48)35-21-18-34(19-22-35)20-31-41(46)37-23-27-38(44)28-24-37/h18-33,40H,2-17H2,1H3. The Bertz CT molecular complexity index is 1470. The molecule has 0 saturated heterocycles. The van der Waals surface area contributed by atoms with Gasteiger partial charge in [-0.2, -0.15) is 0 Å². The zero-order valence-corrected chi connectivity index (χ0v) is 28.7. The molecule has 0 saturated carbocycles. The molecule has 0 spiro atoms. The molecule has 254 valence electrons. The maximum absolute atomic E-state index is 13.2. The lowest BCUT2D eigenvalue weighted by Crippen LogP contribution is -2.29. The average Bonchev–Trinajstić information content (AvgIpc) is 3.45. The number of ketones is 1. The van der Waals surface area contributed by atoms with Crippen molar-refractivity contribution in [1.82, 2.24) is 0 Å². The van der Waals surface area contributed by atoms with Gasteiger partial charge in [-0.1, -0.05) is 146 Å². The van der Waals surface area contributed by atoms with Crippen LogP contribution in [0.2, 0.25) is 0 Å². The molecule has 48 heavy (non-hydrogen) atoms. The predicted molar refractivity (Wildman–Crippen MR) is 196 cm³/mol. The summed E-state index contributed by atoms with van der Waals surface area (Å²) in [7, 11) is 0. The lowest BCUT2D eigenvalue weighted by Gasteiger charge is -2.20. The van der Waals surface area contributed by atoms with Crippen molar-refractivity contribution in [3.8, 4) is 0 Å². The van der Waals surface area contributed by atoms with Gasteiger partial charge in [0.15, 0.2) is 5.78 Å². The number of nitrogens with zero attached hydrogens (tertiary/aromatic N) is 1. The molecule has 1 atom stereocenters. The summed E-state index contributed by atoms with van der Waals surface area (Å²) in [5, 5.41) is 0. The molecule has 0 aromatic heterocycles. The number of anilines is 1. The van der Waals surface area contributed by atoms with Crippen molar-refractivity contribution in [3.63, 3.8) is 0 Å². The van der Waals surface area contributed by atoms with Crippen LogP contribution in [0.15, 0.2) is 91.0 Å². The molecule has 0 radical (unpaired) electrons. The number of amides is 2. The predicted octanol–water partition coefficient (Wildman–Crippen LogP) is 11.5. The van der Waals surface area contributed by atoms with Gasteiger partial charge in [0, 0.05) is 23.6 Å². The molecule has 0 bridgehead atoms. The number of benzene rings is 3. The molecule has 2 amide bonds. The molecule has 0 fully saturated rings. The number of carbonyl (C=O) groups is 3. The van der Waals surface area contributed by atoms with E-state index in [1.165, 1.54) is 143 Å². The summed E-state index contributed by atoms with van der Waals surface area (Å²) in [4.78, 5) is 38.1. The minimum atomic E-state index is -0.366. The summed E-state index contributed by atoms with van der Waals surface area (Å²) < 4.78 is 13.2. The first-order valence-corrected chi connectivity index (χ1v) is 18.2. The van der Waals surface area contributed by atoms with Crippen LogP contribution in [0, 0.1) is 5.82 Å². The quantitative estimate of drug-likeness (QED) is 0.0471. The Morgan fingerprint density at radius 2 is 1.08 bits per heavy atom. The molecule has 1 unspecified atom stereocenters. The Kier molecular flexibility index (Phi) is 15.5. The molecule has 1 aliphatic rings. The Morgan fingerprint density at radius 3 is 1.58 bits per heavy atom. The lowest BCUT2D eigenvalue weighted by atomic mass is 9.86. The van der Waals surface area contributed by atoms with Crippen molar-refractivity contribution in [2.45, 2.75) is 116 Å². The number of hydrogen-bond acceptors (Lipinski definition) is 3. The van der Waals surface area contributed by atoms with E-state index in [9.17, 15) is 18.8 Å². The highest BCUT2D eigenvalue weighted by Gasteiger charge is 2.25. The zero-order chi connectivity index (χ0) is 34.0. The van der Waals surface area contributed by atoms with E-state index in [0.717, 1.165) is 24.0 Å². The Balaban J connectivity index is 1.28. The number of hydrogen-bond donors (Lipinski definition) is 0. The van der Waals surface area contributed by atoms with E-state index in [1.54, 1.807) is 6.08 Å². The Morgan fingerprint density at radius 1 is 0.625 bits per heavy atom. The van der Waals surface area contributed by atoms with Crippen molar-refractivity contribution in [2.24, 2.45) is 0 Å². The Hall–Kier alpha value is -4.12. The molecular weight excluding hydrogens is 597 g/mol. The van der Waals surface area contributed by atoms with Gasteiger partial charge in [-0.25, -0.2) is 9.29 Å². The van der Waals surface area contributed by atoms with Crippen LogP contribution in [-0.2, 0) is 9.59 Å². The van der Waals surface area contributed by atoms with Gasteiger partial charge < -0.3 is 0 Å². The van der Waals surface area contributed by atoms with Gasteiger partial charge in [0.05, 0.1) is 5.69 Å². The fourth-order valence-electron chi connectivity index (χ4n) is 6.48. The summed E-state index contributed by atoms with van der Waals surface area (Å²) in [6.07, 6.45) is 26.9. The van der Waals surface area contributed by atoms with Crippen LogP contribution in [-0.4, -0.2) is 17.6 Å². The third-order valence-electron chi connectivity index (χ3n) is 9.35. The molecule has 0 aliphatic carbocycles. The van der Waals surface area contributed by atoms with Crippen LogP contribution >= 0.6 is 0 Å². The molecule has 5 heteroatoms. The number of carbonyl (C=O) groups excluding carboxylic acids is 3. The number of allylic oxidation sites excluding steroid dienone is 1. The van der Waals surface area contributed by atoms with Gasteiger partial charge in [-0.05, 0) is 65.6 Å². The minimum absolute atomic E-state index is 0.169. The summed E-state index contributed by atoms with van der Waals surface area (Å²) >= 11 is 0. The minimum Gasteiger partial charge on any atom is -0.289 e. The topological polar surface area (TPSA) is 54.5 Å². The van der Waals surface area contributed by atoms with E-state index in [0.29, 0.717) is 11.3 Å². The normalized spacial score (nSPS) is 13.6. The Labute approximate surface area is 287 Å². The van der Waals surface area contributed by atoms with E-state index in [1.807, 2.05) is 36.4 Å². The van der Waals surface area contributed by atoms with Crippen LogP contribution in [0.25, 0.3) is 6.08 Å². The third-order valence-corrected chi connectivity index (χ3v) is 9.35. The molecule has 4 nitrogen and oxygen atoms in total. The number of halogens is 1. The van der Waals surface area contributed by atoms with Gasteiger partial charge in [-0.15, -0.1) is 0 Å². The van der Waals surface area contributed by atoms with Crippen LogP contribution in [0.1, 0.15) is 143 Å². The van der Waals surface area contributed by atoms with E-state index in [4.69, 9.17) is 0 Å². The molecule has 1 heterocycles. The molecule has 1 aliphatic heterocycles. The summed E-state index contributed by atoms with van der Waals surface area (Å²) in [6, 6.07) is 21.6. The second-order valence-electron chi connectivity index (χ2n) is 13.1. The van der Waals surface area contributed by atoms with E-state index >= 15 is 0 Å². The van der Waals surface area contributed by atoms with Crippen molar-refractivity contribution >= 4 is 29.4 Å². The highest BCUT2D eigenvalue weighted by molar-refractivity contribution is 6.28. The number of imide groups is 1. The van der Waals surface area contributed by atoms with Gasteiger partial charge in [-0.3, -0.25) is 14.4 Å². The van der Waals surface area contributed by atoms with E-state index < -0.39 is 0 Å². The van der Waals surface area contributed by atoms with Gasteiger partial charge in [0.2, 0.25) is 0 Å². The SMILES string of the molecule is CCCCCCCCCCCCCCCCCC(c1ccc(C=CC(=O)c2ccc(F)cc2)cc1)c1ccc(N2C(=O)C=CC2=O)cc1. The largest absolute Gasteiger partial charge is 0.289 e. The maximum atomic E-state index is 13.2. The zero-order valence-electron chi connectivity index (χ0n) is 28.7. The summed E-state index contributed by atoms with van der Waals surface area (Å²) in [5.74, 6) is -1.000. The first kappa shape index (κ1) is 36.7. The van der Waals surface area contributed by atoms with Crippen molar-refractivity contribution < 1.29 is 18.8 Å². The van der Waals surface area contributed by atoms with Crippen molar-refractivity contribution in [2.75, 3.05) is 4.90 Å². The van der Waals surface area contributed by atoms with Crippen LogP contribution in [0.4, 0.5) is 10.1 Å². The highest BCUT2D eigenvalue weighted by Crippen LogP contribution is 2.32. The molecule has 3 aromatic carbocycles. The number of rotatable bonds is 22. The molecule has 0 N–H and O–H groups in total. The second-order valence-corrected chi connectivity index (χ2v) is 13.1. The van der Waals surface area contributed by atoms with E-state index in [2.05, 4.69) is 19.1 Å². The first-order valence-electron chi connectivity index (χ1n) is 18.2. The number of unbranched alkanes of at least 4 members (excludes halogenated alkanes) is 14.